The van der Waals surface area contributed by atoms with Crippen LogP contribution in [-0.2, 0) is 0 Å². The highest BCUT2D eigenvalue weighted by Crippen LogP contribution is 2.32. The van der Waals surface area contributed by atoms with Gasteiger partial charge in [-0.3, -0.25) is 0 Å². The number of nitrogen functional groups attached to an aromatic ring is 1. The number of ether oxygens (including phenoxy) is 2. The minimum Gasteiger partial charge on any atom is -0.493 e. The molecule has 17 heavy (non-hydrogen) atoms. The van der Waals surface area contributed by atoms with Crippen LogP contribution in [0.5, 0.6) is 11.5 Å². The third-order valence-electron chi connectivity index (χ3n) is 2.77. The third-order valence-corrected chi connectivity index (χ3v) is 2.77. The number of benzene rings is 1. The molecular formula is C14H21NO2. The highest BCUT2D eigenvalue weighted by molar-refractivity contribution is 5.50. The van der Waals surface area contributed by atoms with E-state index in [1.807, 2.05) is 32.0 Å². The number of hydrogen-bond donors (Lipinski definition) is 1. The van der Waals surface area contributed by atoms with Gasteiger partial charge in [0.25, 0.3) is 0 Å². The molecule has 0 aliphatic heterocycles. The normalized spacial score (nSPS) is 15.0. The molecule has 0 aromatic heterocycles. The van der Waals surface area contributed by atoms with Gasteiger partial charge in [0.05, 0.1) is 12.7 Å². The summed E-state index contributed by atoms with van der Waals surface area (Å²) < 4.78 is 11.3. The molecule has 0 radical (unpaired) electrons. The molecule has 1 aromatic carbocycles. The zero-order valence-electron chi connectivity index (χ0n) is 10.6. The molecular weight excluding hydrogens is 214 g/mol. The van der Waals surface area contributed by atoms with Gasteiger partial charge < -0.3 is 15.2 Å². The minimum atomic E-state index is 0.149. The summed E-state index contributed by atoms with van der Waals surface area (Å²) in [7, 11) is 0. The highest BCUT2D eigenvalue weighted by atomic mass is 16.5. The molecule has 0 atom stereocenters. The van der Waals surface area contributed by atoms with E-state index in [4.69, 9.17) is 15.2 Å². The zero-order chi connectivity index (χ0) is 12.3. The van der Waals surface area contributed by atoms with Crippen LogP contribution in [0.3, 0.4) is 0 Å². The Morgan fingerprint density at radius 1 is 1.24 bits per heavy atom. The molecule has 3 heteroatoms. The van der Waals surface area contributed by atoms with Gasteiger partial charge in [-0.15, -0.1) is 0 Å². The lowest BCUT2D eigenvalue weighted by molar-refractivity contribution is 0.239. The van der Waals surface area contributed by atoms with Gasteiger partial charge in [-0.05, 0) is 26.2 Å². The number of rotatable bonds is 6. The largest absolute Gasteiger partial charge is 0.493 e. The summed E-state index contributed by atoms with van der Waals surface area (Å²) in [4.78, 5) is 0. The molecule has 1 aliphatic carbocycles. The van der Waals surface area contributed by atoms with Crippen molar-refractivity contribution in [2.45, 2.75) is 39.2 Å². The lowest BCUT2D eigenvalue weighted by atomic mass is 10.2. The van der Waals surface area contributed by atoms with E-state index in [0.717, 1.165) is 30.4 Å². The van der Waals surface area contributed by atoms with Gasteiger partial charge in [0, 0.05) is 23.9 Å². The molecule has 0 bridgehead atoms. The van der Waals surface area contributed by atoms with Crippen molar-refractivity contribution in [1.29, 1.82) is 0 Å². The molecule has 0 spiro atoms. The van der Waals surface area contributed by atoms with E-state index in [1.54, 1.807) is 0 Å². The maximum absolute atomic E-state index is 5.82. The first-order chi connectivity index (χ1) is 8.13. The molecule has 0 saturated heterocycles. The van der Waals surface area contributed by atoms with Gasteiger partial charge in [-0.1, -0.05) is 12.8 Å². The summed E-state index contributed by atoms with van der Waals surface area (Å²) in [5.41, 5.74) is 6.50. The number of anilines is 1. The lowest BCUT2D eigenvalue weighted by Gasteiger charge is -2.12. The van der Waals surface area contributed by atoms with E-state index in [0.29, 0.717) is 5.69 Å². The second kappa shape index (κ2) is 5.30. The summed E-state index contributed by atoms with van der Waals surface area (Å²) >= 11 is 0. The Morgan fingerprint density at radius 3 is 2.59 bits per heavy atom. The fourth-order valence-corrected chi connectivity index (χ4v) is 1.77. The predicted molar refractivity (Wildman–Crippen MR) is 69.5 cm³/mol. The topological polar surface area (TPSA) is 44.5 Å². The average molecular weight is 235 g/mol. The molecule has 0 unspecified atom stereocenters. The van der Waals surface area contributed by atoms with Crippen molar-refractivity contribution in [3.05, 3.63) is 18.2 Å². The molecule has 1 fully saturated rings. The quantitative estimate of drug-likeness (QED) is 0.770. The second-order valence-electron chi connectivity index (χ2n) is 4.98. The summed E-state index contributed by atoms with van der Waals surface area (Å²) in [5, 5.41) is 0. The Labute approximate surface area is 103 Å². The van der Waals surface area contributed by atoms with Crippen LogP contribution in [-0.4, -0.2) is 12.7 Å². The smallest absolute Gasteiger partial charge is 0.125 e. The van der Waals surface area contributed by atoms with Gasteiger partial charge >= 0.3 is 0 Å². The van der Waals surface area contributed by atoms with Gasteiger partial charge in [0.1, 0.15) is 11.5 Å². The van der Waals surface area contributed by atoms with Crippen LogP contribution in [0.2, 0.25) is 0 Å². The fourth-order valence-electron chi connectivity index (χ4n) is 1.77. The summed E-state index contributed by atoms with van der Waals surface area (Å²) in [6.07, 6.45) is 4.02. The maximum Gasteiger partial charge on any atom is 0.125 e. The first kappa shape index (κ1) is 12.1. The highest BCUT2D eigenvalue weighted by Gasteiger charge is 2.20. The molecule has 0 amide bonds. The van der Waals surface area contributed by atoms with Gasteiger partial charge in [-0.2, -0.15) is 0 Å². The molecule has 0 heterocycles. The van der Waals surface area contributed by atoms with E-state index >= 15 is 0 Å². The third kappa shape index (κ3) is 4.17. The molecule has 2 N–H and O–H groups in total. The average Bonchev–Trinajstić information content (AvgIpc) is 2.99. The Kier molecular flexibility index (Phi) is 3.77. The van der Waals surface area contributed by atoms with Crippen LogP contribution in [0.4, 0.5) is 5.69 Å². The summed E-state index contributed by atoms with van der Waals surface area (Å²) in [5.74, 6) is 2.48. The van der Waals surface area contributed by atoms with Gasteiger partial charge in [0.15, 0.2) is 0 Å². The van der Waals surface area contributed by atoms with Crippen LogP contribution < -0.4 is 15.2 Å². The molecule has 1 aliphatic rings. The van der Waals surface area contributed by atoms with Crippen molar-refractivity contribution in [3.63, 3.8) is 0 Å². The SMILES string of the molecule is CC(C)Oc1cc(N)cc(OCCC2CC2)c1. The van der Waals surface area contributed by atoms with Crippen molar-refractivity contribution in [1.82, 2.24) is 0 Å². The van der Waals surface area contributed by atoms with Crippen LogP contribution in [0.1, 0.15) is 33.1 Å². The first-order valence-corrected chi connectivity index (χ1v) is 6.33. The Morgan fingerprint density at radius 2 is 1.94 bits per heavy atom. The van der Waals surface area contributed by atoms with Crippen molar-refractivity contribution in [2.24, 2.45) is 5.92 Å². The molecule has 3 nitrogen and oxygen atoms in total. The first-order valence-electron chi connectivity index (χ1n) is 6.33. The van der Waals surface area contributed by atoms with Gasteiger partial charge in [-0.25, -0.2) is 0 Å². The van der Waals surface area contributed by atoms with E-state index in [1.165, 1.54) is 12.8 Å². The van der Waals surface area contributed by atoms with E-state index in [2.05, 4.69) is 0 Å². The van der Waals surface area contributed by atoms with Crippen LogP contribution in [0.25, 0.3) is 0 Å². The van der Waals surface area contributed by atoms with Crippen LogP contribution in [0, 0.1) is 5.92 Å². The van der Waals surface area contributed by atoms with Crippen molar-refractivity contribution < 1.29 is 9.47 Å². The van der Waals surface area contributed by atoms with Crippen LogP contribution in [0.15, 0.2) is 18.2 Å². The van der Waals surface area contributed by atoms with Crippen molar-refractivity contribution >= 4 is 5.69 Å². The number of hydrogen-bond acceptors (Lipinski definition) is 3. The monoisotopic (exact) mass is 235 g/mol. The van der Waals surface area contributed by atoms with E-state index in [9.17, 15) is 0 Å². The minimum absolute atomic E-state index is 0.149. The Balaban J connectivity index is 1.92. The Hall–Kier alpha value is -1.38. The molecule has 1 saturated carbocycles. The van der Waals surface area contributed by atoms with Crippen molar-refractivity contribution in [3.8, 4) is 11.5 Å². The van der Waals surface area contributed by atoms with Gasteiger partial charge in [0.2, 0.25) is 0 Å². The lowest BCUT2D eigenvalue weighted by Crippen LogP contribution is -2.06. The predicted octanol–water partition coefficient (Wildman–Crippen LogP) is 3.23. The summed E-state index contributed by atoms with van der Waals surface area (Å²) in [6.45, 7) is 4.77. The summed E-state index contributed by atoms with van der Waals surface area (Å²) in [6, 6.07) is 5.58. The van der Waals surface area contributed by atoms with Crippen molar-refractivity contribution in [2.75, 3.05) is 12.3 Å². The zero-order valence-corrected chi connectivity index (χ0v) is 10.6. The van der Waals surface area contributed by atoms with E-state index < -0.39 is 0 Å². The Bertz CT molecular complexity index is 372. The van der Waals surface area contributed by atoms with E-state index in [-0.39, 0.29) is 6.10 Å². The second-order valence-corrected chi connectivity index (χ2v) is 4.98. The number of nitrogens with two attached hydrogens (primary N) is 1. The van der Waals surface area contributed by atoms with Crippen LogP contribution >= 0.6 is 0 Å². The molecule has 94 valence electrons. The standard InChI is InChI=1S/C14H21NO2/c1-10(2)17-14-8-12(15)7-13(9-14)16-6-5-11-3-4-11/h7-11H,3-6,15H2,1-2H3. The maximum atomic E-state index is 5.82. The molecule has 2 rings (SSSR count). The fraction of sp³-hybridized carbons (Fsp3) is 0.571. The molecule has 1 aromatic rings.